The molecule has 0 bridgehead atoms. The van der Waals surface area contributed by atoms with Gasteiger partial charge in [0, 0.05) is 17.5 Å². The van der Waals surface area contributed by atoms with Crippen molar-refractivity contribution in [3.8, 4) is 5.75 Å². The lowest BCUT2D eigenvalue weighted by atomic mass is 10.1. The SMILES string of the molecule is C[C@H](NN(C(=O)c1ccc(C(=O)NCc2cccc(O)c2)cc1Cl)C(=O)c1cc2ccccc2oc1=O)C(=O)O. The third-order valence-corrected chi connectivity index (χ3v) is 6.11. The summed E-state index contributed by atoms with van der Waals surface area (Å²) < 4.78 is 5.19. The molecular formula is C28H22ClN3O8. The van der Waals surface area contributed by atoms with Crippen LogP contribution in [0.3, 0.4) is 0 Å². The number of fused-ring (bicyclic) bond motifs is 1. The van der Waals surface area contributed by atoms with Gasteiger partial charge in [-0.1, -0.05) is 41.9 Å². The van der Waals surface area contributed by atoms with E-state index in [-0.39, 0.29) is 34.0 Å². The zero-order valence-electron chi connectivity index (χ0n) is 20.9. The van der Waals surface area contributed by atoms with E-state index < -0.39 is 40.9 Å². The molecule has 12 heteroatoms. The number of benzene rings is 3. The van der Waals surface area contributed by atoms with Crippen molar-refractivity contribution in [2.75, 3.05) is 0 Å². The lowest BCUT2D eigenvalue weighted by Gasteiger charge is -2.24. The first-order valence-electron chi connectivity index (χ1n) is 11.8. The van der Waals surface area contributed by atoms with E-state index in [1.54, 1.807) is 30.3 Å². The van der Waals surface area contributed by atoms with Crippen molar-refractivity contribution in [2.24, 2.45) is 0 Å². The van der Waals surface area contributed by atoms with Gasteiger partial charge in [0.05, 0.1) is 10.6 Å². The van der Waals surface area contributed by atoms with Crippen molar-refractivity contribution in [1.82, 2.24) is 15.8 Å². The molecule has 1 atom stereocenters. The maximum absolute atomic E-state index is 13.4. The number of hydrogen-bond acceptors (Lipinski definition) is 8. The predicted octanol–water partition coefficient (Wildman–Crippen LogP) is 3.34. The highest BCUT2D eigenvalue weighted by molar-refractivity contribution is 6.34. The molecule has 40 heavy (non-hydrogen) atoms. The number of carbonyl (C=O) groups excluding carboxylic acids is 3. The molecule has 4 aromatic rings. The summed E-state index contributed by atoms with van der Waals surface area (Å²) in [6, 6.07) is 16.3. The summed E-state index contributed by atoms with van der Waals surface area (Å²) in [6.45, 7) is 1.30. The van der Waals surface area contributed by atoms with Crippen LogP contribution in [0.4, 0.5) is 0 Å². The van der Waals surface area contributed by atoms with E-state index in [0.717, 1.165) is 0 Å². The molecule has 11 nitrogen and oxygen atoms in total. The third-order valence-electron chi connectivity index (χ3n) is 5.80. The summed E-state index contributed by atoms with van der Waals surface area (Å²) in [7, 11) is 0. The Kier molecular flexibility index (Phi) is 8.27. The lowest BCUT2D eigenvalue weighted by molar-refractivity contribution is -0.139. The van der Waals surface area contributed by atoms with Crippen LogP contribution in [0, 0.1) is 0 Å². The topological polar surface area (TPSA) is 166 Å². The van der Waals surface area contributed by atoms with Crippen LogP contribution >= 0.6 is 11.6 Å². The van der Waals surface area contributed by atoms with Crippen LogP contribution in [0.2, 0.25) is 5.02 Å². The number of amides is 3. The van der Waals surface area contributed by atoms with Crippen LogP contribution in [0.25, 0.3) is 11.0 Å². The minimum atomic E-state index is -1.42. The van der Waals surface area contributed by atoms with Gasteiger partial charge in [0.15, 0.2) is 0 Å². The number of nitrogens with zero attached hydrogens (tertiary/aromatic N) is 1. The van der Waals surface area contributed by atoms with E-state index in [1.807, 2.05) is 0 Å². The fraction of sp³-hybridized carbons (Fsp3) is 0.107. The number of halogens is 1. The van der Waals surface area contributed by atoms with Crippen LogP contribution in [0.1, 0.15) is 43.6 Å². The van der Waals surface area contributed by atoms with Crippen LogP contribution in [0.5, 0.6) is 5.75 Å². The maximum Gasteiger partial charge on any atom is 0.349 e. The molecule has 0 aliphatic carbocycles. The quantitative estimate of drug-likeness (QED) is 0.143. The Morgan fingerprint density at radius 3 is 2.38 bits per heavy atom. The molecule has 0 aliphatic rings. The van der Waals surface area contributed by atoms with E-state index in [4.69, 9.17) is 16.0 Å². The van der Waals surface area contributed by atoms with Gasteiger partial charge < -0.3 is 19.9 Å². The van der Waals surface area contributed by atoms with E-state index in [0.29, 0.717) is 16.0 Å². The maximum atomic E-state index is 13.4. The highest BCUT2D eigenvalue weighted by Crippen LogP contribution is 2.21. The normalized spacial score (nSPS) is 11.6. The standard InChI is InChI=1S/C28H22ClN3O8/c1-15(27(37)38)31-32(26(36)21-12-17-6-2-3-8-23(17)40-28(21)39)25(35)20-10-9-18(13-22(20)29)24(34)30-14-16-5-4-7-19(33)11-16/h2-13,15,31,33H,14H2,1H3,(H,30,34)(H,37,38)/t15-/m0/s1. The third kappa shape index (κ3) is 6.17. The zero-order chi connectivity index (χ0) is 29.0. The predicted molar refractivity (Wildman–Crippen MR) is 144 cm³/mol. The molecule has 3 amide bonds. The van der Waals surface area contributed by atoms with Crippen molar-refractivity contribution in [3.63, 3.8) is 0 Å². The Morgan fingerprint density at radius 2 is 1.68 bits per heavy atom. The Bertz CT molecular complexity index is 1700. The van der Waals surface area contributed by atoms with E-state index in [9.17, 15) is 34.2 Å². The summed E-state index contributed by atoms with van der Waals surface area (Å²) in [4.78, 5) is 63.5. The molecule has 4 rings (SSSR count). The Balaban J connectivity index is 1.62. The second-order valence-electron chi connectivity index (χ2n) is 8.67. The number of hydrazine groups is 1. The fourth-order valence-electron chi connectivity index (χ4n) is 3.69. The largest absolute Gasteiger partial charge is 0.508 e. The molecule has 0 radical (unpaired) electrons. The first-order valence-corrected chi connectivity index (χ1v) is 12.2. The molecule has 1 heterocycles. The van der Waals surface area contributed by atoms with Gasteiger partial charge in [-0.25, -0.2) is 15.2 Å². The fourth-order valence-corrected chi connectivity index (χ4v) is 3.95. The summed E-state index contributed by atoms with van der Waals surface area (Å²) in [5.74, 6) is -4.09. The number of aromatic hydroxyl groups is 1. The molecule has 0 spiro atoms. The molecule has 0 saturated carbocycles. The number of nitrogens with one attached hydrogen (secondary N) is 2. The smallest absolute Gasteiger partial charge is 0.349 e. The first kappa shape index (κ1) is 28.0. The first-order chi connectivity index (χ1) is 19.0. The zero-order valence-corrected chi connectivity index (χ0v) is 21.6. The molecule has 0 fully saturated rings. The molecular weight excluding hydrogens is 542 g/mol. The van der Waals surface area contributed by atoms with Gasteiger partial charge in [-0.3, -0.25) is 19.2 Å². The van der Waals surface area contributed by atoms with E-state index in [1.165, 1.54) is 49.4 Å². The van der Waals surface area contributed by atoms with Crippen molar-refractivity contribution >= 4 is 46.3 Å². The Hall–Kier alpha value is -5.00. The van der Waals surface area contributed by atoms with Gasteiger partial charge in [0.1, 0.15) is 22.9 Å². The highest BCUT2D eigenvalue weighted by Gasteiger charge is 2.31. The molecule has 1 aromatic heterocycles. The van der Waals surface area contributed by atoms with Crippen molar-refractivity contribution in [2.45, 2.75) is 19.5 Å². The number of hydrogen-bond donors (Lipinski definition) is 4. The summed E-state index contributed by atoms with van der Waals surface area (Å²) in [6.07, 6.45) is 0. The Morgan fingerprint density at radius 1 is 0.950 bits per heavy atom. The Labute approximate surface area is 231 Å². The molecule has 204 valence electrons. The number of phenolic OH excluding ortho intramolecular Hbond substituents is 1. The number of carboxylic acids is 1. The van der Waals surface area contributed by atoms with Gasteiger partial charge >= 0.3 is 11.6 Å². The number of phenols is 1. The molecule has 4 N–H and O–H groups in total. The van der Waals surface area contributed by atoms with Crippen molar-refractivity contribution < 1.29 is 33.8 Å². The lowest BCUT2D eigenvalue weighted by Crippen LogP contribution is -2.53. The van der Waals surface area contributed by atoms with Crippen molar-refractivity contribution in [3.05, 3.63) is 110 Å². The molecule has 3 aromatic carbocycles. The van der Waals surface area contributed by atoms with Gasteiger partial charge in [0.2, 0.25) is 0 Å². The molecule has 0 unspecified atom stereocenters. The average Bonchev–Trinajstić information content (AvgIpc) is 2.93. The number of carboxylic acid groups (broad SMARTS) is 1. The van der Waals surface area contributed by atoms with Crippen LogP contribution in [-0.4, -0.2) is 45.0 Å². The van der Waals surface area contributed by atoms with Gasteiger partial charge in [-0.2, -0.15) is 0 Å². The monoisotopic (exact) mass is 563 g/mol. The summed E-state index contributed by atoms with van der Waals surface area (Å²) >= 11 is 6.31. The molecule has 0 saturated heterocycles. The second kappa shape index (κ2) is 11.8. The minimum Gasteiger partial charge on any atom is -0.508 e. The number of para-hydroxylation sites is 1. The number of aliphatic carboxylic acids is 1. The number of imide groups is 1. The van der Waals surface area contributed by atoms with Gasteiger partial charge in [0.25, 0.3) is 17.7 Å². The summed E-state index contributed by atoms with van der Waals surface area (Å²) in [5, 5.41) is 22.2. The van der Waals surface area contributed by atoms with Gasteiger partial charge in [-0.15, -0.1) is 0 Å². The highest BCUT2D eigenvalue weighted by atomic mass is 35.5. The average molecular weight is 564 g/mol. The number of rotatable bonds is 8. The van der Waals surface area contributed by atoms with E-state index >= 15 is 0 Å². The van der Waals surface area contributed by atoms with Crippen molar-refractivity contribution in [1.29, 1.82) is 0 Å². The minimum absolute atomic E-state index is 0.0454. The van der Waals surface area contributed by atoms with E-state index in [2.05, 4.69) is 10.7 Å². The van der Waals surface area contributed by atoms with Crippen LogP contribution in [0.15, 0.2) is 82.0 Å². The van der Waals surface area contributed by atoms with Crippen LogP contribution in [-0.2, 0) is 11.3 Å². The summed E-state index contributed by atoms with van der Waals surface area (Å²) in [5.41, 5.74) is 1.47. The molecule has 0 aliphatic heterocycles. The second-order valence-corrected chi connectivity index (χ2v) is 9.07. The van der Waals surface area contributed by atoms with Gasteiger partial charge in [-0.05, 0) is 55.0 Å². The number of carbonyl (C=O) groups is 4. The van der Waals surface area contributed by atoms with Crippen LogP contribution < -0.4 is 16.4 Å².